The number of para-hydroxylation sites is 2. The molecule has 0 aliphatic carbocycles. The molecule has 1 amide bonds. The number of alkyl halides is 2. The van der Waals surface area contributed by atoms with Gasteiger partial charge in [0, 0.05) is 23.7 Å². The van der Waals surface area contributed by atoms with E-state index in [-0.39, 0.29) is 18.2 Å². The number of carbonyl (C=O) groups is 1. The fraction of sp³-hybridized carbons (Fsp3) is 0.111. The van der Waals surface area contributed by atoms with Crippen molar-refractivity contribution in [2.45, 2.75) is 13.2 Å². The number of nitrogens with one attached hydrogen (secondary N) is 1. The van der Waals surface area contributed by atoms with E-state index < -0.39 is 6.61 Å². The number of nitrogens with zero attached hydrogens (tertiary/aromatic N) is 1. The van der Waals surface area contributed by atoms with Crippen molar-refractivity contribution < 1.29 is 18.3 Å². The Balaban J connectivity index is 1.79. The molecular weight excluding hydrogens is 314 g/mol. The van der Waals surface area contributed by atoms with E-state index in [2.05, 4.69) is 15.0 Å². The average Bonchev–Trinajstić information content (AvgIpc) is 2.60. The second-order valence-corrected chi connectivity index (χ2v) is 5.05. The lowest BCUT2D eigenvalue weighted by Crippen LogP contribution is -2.23. The summed E-state index contributed by atoms with van der Waals surface area (Å²) in [6.45, 7) is -2.84. The van der Waals surface area contributed by atoms with Gasteiger partial charge in [-0.15, -0.1) is 0 Å². The van der Waals surface area contributed by atoms with Gasteiger partial charge in [0.2, 0.25) is 0 Å². The molecule has 24 heavy (non-hydrogen) atoms. The number of fused-ring (bicyclic) bond motifs is 1. The van der Waals surface area contributed by atoms with Crippen molar-refractivity contribution in [1.29, 1.82) is 0 Å². The van der Waals surface area contributed by atoms with Crippen molar-refractivity contribution in [1.82, 2.24) is 10.3 Å². The summed E-state index contributed by atoms with van der Waals surface area (Å²) >= 11 is 0. The van der Waals surface area contributed by atoms with Gasteiger partial charge in [-0.3, -0.25) is 9.78 Å². The normalized spacial score (nSPS) is 10.8. The molecule has 1 heterocycles. The third-order valence-electron chi connectivity index (χ3n) is 3.51. The van der Waals surface area contributed by atoms with Crippen molar-refractivity contribution in [2.24, 2.45) is 0 Å². The molecular formula is C18H14F2N2O2. The molecule has 0 saturated carbocycles. The van der Waals surface area contributed by atoms with Gasteiger partial charge < -0.3 is 10.1 Å². The lowest BCUT2D eigenvalue weighted by Gasteiger charge is -2.12. The van der Waals surface area contributed by atoms with Crippen LogP contribution in [-0.2, 0) is 6.54 Å². The minimum atomic E-state index is -2.91. The van der Waals surface area contributed by atoms with Gasteiger partial charge in [-0.2, -0.15) is 8.78 Å². The van der Waals surface area contributed by atoms with Crippen molar-refractivity contribution in [3.63, 3.8) is 0 Å². The molecule has 0 aliphatic heterocycles. The topological polar surface area (TPSA) is 51.2 Å². The van der Waals surface area contributed by atoms with E-state index in [0.717, 1.165) is 5.39 Å². The second-order valence-electron chi connectivity index (χ2n) is 5.05. The number of rotatable bonds is 5. The van der Waals surface area contributed by atoms with E-state index >= 15 is 0 Å². The van der Waals surface area contributed by atoms with E-state index in [9.17, 15) is 13.6 Å². The van der Waals surface area contributed by atoms with E-state index in [0.29, 0.717) is 16.6 Å². The molecule has 0 bridgehead atoms. The number of pyridine rings is 1. The maximum absolute atomic E-state index is 12.4. The quantitative estimate of drug-likeness (QED) is 0.776. The van der Waals surface area contributed by atoms with Crippen molar-refractivity contribution in [3.05, 3.63) is 71.9 Å². The van der Waals surface area contributed by atoms with Crippen LogP contribution in [0.1, 0.15) is 15.9 Å². The summed E-state index contributed by atoms with van der Waals surface area (Å²) in [4.78, 5) is 16.7. The molecule has 1 N–H and O–H groups in total. The molecule has 2 aromatic carbocycles. The molecule has 3 rings (SSSR count). The molecule has 0 radical (unpaired) electrons. The largest absolute Gasteiger partial charge is 0.434 e. The average molecular weight is 328 g/mol. The highest BCUT2D eigenvalue weighted by molar-refractivity contribution is 6.05. The minimum absolute atomic E-state index is 0.0452. The number of carbonyl (C=O) groups excluding carboxylic acids is 1. The Hall–Kier alpha value is -3.02. The van der Waals surface area contributed by atoms with Crippen molar-refractivity contribution >= 4 is 16.8 Å². The van der Waals surface area contributed by atoms with Gasteiger partial charge in [0.05, 0.1) is 11.1 Å². The van der Waals surface area contributed by atoms with Crippen molar-refractivity contribution in [3.8, 4) is 5.75 Å². The SMILES string of the molecule is O=C(NCc1ccccc1OC(F)F)c1cccc2cccnc12. The van der Waals surface area contributed by atoms with E-state index in [1.807, 2.05) is 12.1 Å². The van der Waals surface area contributed by atoms with Crippen LogP contribution in [0, 0.1) is 0 Å². The monoisotopic (exact) mass is 328 g/mol. The molecule has 0 aliphatic rings. The Kier molecular flexibility index (Phi) is 4.65. The lowest BCUT2D eigenvalue weighted by atomic mass is 10.1. The molecule has 4 nitrogen and oxygen atoms in total. The van der Waals surface area contributed by atoms with Crippen LogP contribution in [0.15, 0.2) is 60.8 Å². The summed E-state index contributed by atoms with van der Waals surface area (Å²) in [5.74, 6) is -0.282. The van der Waals surface area contributed by atoms with Crippen LogP contribution in [0.2, 0.25) is 0 Å². The molecule has 0 spiro atoms. The third kappa shape index (κ3) is 3.48. The van der Waals surface area contributed by atoms with E-state index in [1.165, 1.54) is 6.07 Å². The number of benzene rings is 2. The van der Waals surface area contributed by atoms with Gasteiger partial charge in [-0.05, 0) is 18.2 Å². The smallest absolute Gasteiger partial charge is 0.387 e. The molecule has 3 aromatic rings. The minimum Gasteiger partial charge on any atom is -0.434 e. The molecule has 6 heteroatoms. The van der Waals surface area contributed by atoms with Gasteiger partial charge in [0.15, 0.2) is 0 Å². The van der Waals surface area contributed by atoms with Gasteiger partial charge in [-0.1, -0.05) is 36.4 Å². The summed E-state index contributed by atoms with van der Waals surface area (Å²) < 4.78 is 29.3. The highest BCUT2D eigenvalue weighted by atomic mass is 19.3. The van der Waals surface area contributed by atoms with Crippen LogP contribution in [0.25, 0.3) is 10.9 Å². The number of hydrogen-bond acceptors (Lipinski definition) is 3. The first kappa shape index (κ1) is 15.9. The van der Waals surface area contributed by atoms with Crippen LogP contribution in [0.5, 0.6) is 5.75 Å². The molecule has 0 atom stereocenters. The zero-order valence-electron chi connectivity index (χ0n) is 12.6. The zero-order chi connectivity index (χ0) is 16.9. The number of hydrogen-bond donors (Lipinski definition) is 1. The predicted octanol–water partition coefficient (Wildman–Crippen LogP) is 3.77. The lowest BCUT2D eigenvalue weighted by molar-refractivity contribution is -0.0504. The summed E-state index contributed by atoms with van der Waals surface area (Å²) in [5, 5.41) is 3.57. The first-order valence-corrected chi connectivity index (χ1v) is 7.30. The number of ether oxygens (including phenoxy) is 1. The maximum Gasteiger partial charge on any atom is 0.387 e. The number of amides is 1. The van der Waals surface area contributed by atoms with Gasteiger partial charge in [-0.25, -0.2) is 0 Å². The molecule has 0 fully saturated rings. The van der Waals surface area contributed by atoms with Crippen LogP contribution >= 0.6 is 0 Å². The van der Waals surface area contributed by atoms with Crippen LogP contribution in [-0.4, -0.2) is 17.5 Å². The number of halogens is 2. The maximum atomic E-state index is 12.4. The van der Waals surface area contributed by atoms with E-state index in [4.69, 9.17) is 0 Å². The molecule has 122 valence electrons. The number of aromatic nitrogens is 1. The zero-order valence-corrected chi connectivity index (χ0v) is 12.6. The van der Waals surface area contributed by atoms with E-state index in [1.54, 1.807) is 42.6 Å². The highest BCUT2D eigenvalue weighted by Crippen LogP contribution is 2.21. The standard InChI is InChI=1S/C18H14F2N2O2/c19-18(20)24-15-9-2-1-5-13(15)11-22-17(23)14-8-3-6-12-7-4-10-21-16(12)14/h1-10,18H,11H2,(H,22,23). The summed E-state index contributed by atoms with van der Waals surface area (Å²) in [5.41, 5.74) is 1.49. The Bertz CT molecular complexity index is 863. The first-order valence-electron chi connectivity index (χ1n) is 7.30. The summed E-state index contributed by atoms with van der Waals surface area (Å²) in [6.07, 6.45) is 1.62. The first-order chi connectivity index (χ1) is 11.6. The fourth-order valence-corrected chi connectivity index (χ4v) is 2.42. The van der Waals surface area contributed by atoms with Crippen molar-refractivity contribution in [2.75, 3.05) is 0 Å². The fourth-order valence-electron chi connectivity index (χ4n) is 2.42. The summed E-state index contributed by atoms with van der Waals surface area (Å²) in [6, 6.07) is 15.3. The third-order valence-corrected chi connectivity index (χ3v) is 3.51. The summed E-state index contributed by atoms with van der Waals surface area (Å²) in [7, 11) is 0. The van der Waals surface area contributed by atoms with Gasteiger partial charge in [0.1, 0.15) is 5.75 Å². The van der Waals surface area contributed by atoms with Crippen LogP contribution in [0.4, 0.5) is 8.78 Å². The molecule has 0 saturated heterocycles. The molecule has 0 unspecified atom stereocenters. The van der Waals surface area contributed by atoms with Crippen LogP contribution < -0.4 is 10.1 Å². The van der Waals surface area contributed by atoms with Gasteiger partial charge in [0.25, 0.3) is 5.91 Å². The Labute approximate surface area is 137 Å². The van der Waals surface area contributed by atoms with Gasteiger partial charge >= 0.3 is 6.61 Å². The second kappa shape index (κ2) is 7.04. The Morgan fingerprint density at radius 1 is 1.08 bits per heavy atom. The Morgan fingerprint density at radius 2 is 1.88 bits per heavy atom. The van der Waals surface area contributed by atoms with Crippen LogP contribution in [0.3, 0.4) is 0 Å². The predicted molar refractivity (Wildman–Crippen MR) is 86.0 cm³/mol. The molecule has 1 aromatic heterocycles. The highest BCUT2D eigenvalue weighted by Gasteiger charge is 2.13. The Morgan fingerprint density at radius 3 is 2.71 bits per heavy atom.